The van der Waals surface area contributed by atoms with Crippen molar-refractivity contribution in [1.29, 1.82) is 0 Å². The summed E-state index contributed by atoms with van der Waals surface area (Å²) in [4.78, 5) is 4.60. The molecule has 2 rings (SSSR count). The Labute approximate surface area is 99.8 Å². The van der Waals surface area contributed by atoms with E-state index in [0.29, 0.717) is 0 Å². The zero-order valence-electron chi connectivity index (χ0n) is 8.90. The first-order valence-corrected chi connectivity index (χ1v) is 7.29. The van der Waals surface area contributed by atoms with Gasteiger partial charge in [0.1, 0.15) is 4.38 Å². The molecule has 1 saturated heterocycles. The molecule has 0 N–H and O–H groups in total. The number of hydrogen-bond acceptors (Lipinski definition) is 3. The molecule has 1 nitrogen and oxygen atoms in total. The molecule has 0 spiro atoms. The molecule has 1 aromatic carbocycles. The van der Waals surface area contributed by atoms with E-state index >= 15 is 0 Å². The lowest BCUT2D eigenvalue weighted by atomic mass is 10.1. The SMILES string of the molecule is CCCc1ccc(N=C2SCCS2)cc1. The van der Waals surface area contributed by atoms with Gasteiger partial charge in [0.2, 0.25) is 0 Å². The third kappa shape index (κ3) is 3.28. The summed E-state index contributed by atoms with van der Waals surface area (Å²) < 4.78 is 1.22. The van der Waals surface area contributed by atoms with E-state index in [9.17, 15) is 0 Å². The van der Waals surface area contributed by atoms with Crippen LogP contribution in [-0.2, 0) is 6.42 Å². The quantitative estimate of drug-likeness (QED) is 0.784. The summed E-state index contributed by atoms with van der Waals surface area (Å²) >= 11 is 3.73. The lowest BCUT2D eigenvalue weighted by molar-refractivity contribution is 0.922. The third-order valence-electron chi connectivity index (χ3n) is 2.23. The second-order valence-electron chi connectivity index (χ2n) is 3.49. The molecule has 0 amide bonds. The van der Waals surface area contributed by atoms with Crippen LogP contribution < -0.4 is 0 Å². The van der Waals surface area contributed by atoms with Crippen molar-refractivity contribution in [2.24, 2.45) is 4.99 Å². The summed E-state index contributed by atoms with van der Waals surface area (Å²) in [5.41, 5.74) is 2.50. The van der Waals surface area contributed by atoms with E-state index in [0.717, 1.165) is 5.69 Å². The van der Waals surface area contributed by atoms with Gasteiger partial charge in [-0.15, -0.1) is 0 Å². The number of benzene rings is 1. The van der Waals surface area contributed by atoms with Crippen LogP contribution in [0.25, 0.3) is 0 Å². The Bertz CT molecular complexity index is 335. The van der Waals surface area contributed by atoms with Crippen molar-refractivity contribution in [1.82, 2.24) is 0 Å². The second-order valence-corrected chi connectivity index (χ2v) is 5.92. The van der Waals surface area contributed by atoms with E-state index in [1.807, 2.05) is 23.5 Å². The lowest BCUT2D eigenvalue weighted by Gasteiger charge is -1.99. The van der Waals surface area contributed by atoms with Crippen LogP contribution in [-0.4, -0.2) is 15.9 Å². The van der Waals surface area contributed by atoms with Crippen molar-refractivity contribution in [3.63, 3.8) is 0 Å². The number of aliphatic imine (C=N–C) groups is 1. The molecule has 0 atom stereocenters. The van der Waals surface area contributed by atoms with Gasteiger partial charge in [-0.25, -0.2) is 4.99 Å². The predicted molar refractivity (Wildman–Crippen MR) is 72.4 cm³/mol. The lowest BCUT2D eigenvalue weighted by Crippen LogP contribution is -1.81. The number of rotatable bonds is 3. The van der Waals surface area contributed by atoms with Crippen molar-refractivity contribution < 1.29 is 0 Å². The first kappa shape index (κ1) is 11.1. The predicted octanol–water partition coefficient (Wildman–Crippen LogP) is 4.11. The highest BCUT2D eigenvalue weighted by Gasteiger charge is 2.09. The number of aryl methyl sites for hydroxylation is 1. The van der Waals surface area contributed by atoms with Crippen molar-refractivity contribution in [2.75, 3.05) is 11.5 Å². The van der Waals surface area contributed by atoms with Crippen LogP contribution in [0.2, 0.25) is 0 Å². The molecular weight excluding hydrogens is 222 g/mol. The highest BCUT2D eigenvalue weighted by molar-refractivity contribution is 8.41. The molecule has 0 unspecified atom stereocenters. The van der Waals surface area contributed by atoms with Crippen molar-refractivity contribution >= 4 is 33.6 Å². The van der Waals surface area contributed by atoms with Gasteiger partial charge in [-0.1, -0.05) is 49.0 Å². The molecule has 1 aliphatic heterocycles. The number of hydrogen-bond donors (Lipinski definition) is 0. The molecule has 0 bridgehead atoms. The molecule has 0 aliphatic carbocycles. The van der Waals surface area contributed by atoms with Crippen LogP contribution in [0.4, 0.5) is 5.69 Å². The molecule has 0 saturated carbocycles. The van der Waals surface area contributed by atoms with Gasteiger partial charge in [-0.2, -0.15) is 0 Å². The van der Waals surface area contributed by atoms with Crippen LogP contribution in [0.1, 0.15) is 18.9 Å². The first-order chi connectivity index (χ1) is 7.38. The number of nitrogens with zero attached hydrogens (tertiary/aromatic N) is 1. The molecule has 1 aromatic rings. The third-order valence-corrected chi connectivity index (χ3v) is 4.69. The van der Waals surface area contributed by atoms with Gasteiger partial charge < -0.3 is 0 Å². The molecule has 1 aliphatic rings. The molecular formula is C12H15NS2. The summed E-state index contributed by atoms with van der Waals surface area (Å²) in [5.74, 6) is 2.41. The highest BCUT2D eigenvalue weighted by Crippen LogP contribution is 2.29. The van der Waals surface area contributed by atoms with E-state index in [1.54, 1.807) is 0 Å². The topological polar surface area (TPSA) is 12.4 Å². The van der Waals surface area contributed by atoms with Crippen LogP contribution in [0.3, 0.4) is 0 Å². The zero-order valence-corrected chi connectivity index (χ0v) is 10.5. The van der Waals surface area contributed by atoms with Crippen LogP contribution in [0.15, 0.2) is 29.3 Å². The average Bonchev–Trinajstić information content (AvgIpc) is 2.74. The monoisotopic (exact) mass is 237 g/mol. The molecule has 1 heterocycles. The maximum atomic E-state index is 4.60. The minimum atomic E-state index is 1.09. The van der Waals surface area contributed by atoms with Crippen LogP contribution >= 0.6 is 23.5 Å². The van der Waals surface area contributed by atoms with E-state index in [2.05, 4.69) is 36.2 Å². The van der Waals surface area contributed by atoms with E-state index in [-0.39, 0.29) is 0 Å². The zero-order chi connectivity index (χ0) is 10.5. The number of thioether (sulfide) groups is 2. The van der Waals surface area contributed by atoms with Crippen LogP contribution in [0.5, 0.6) is 0 Å². The molecule has 0 radical (unpaired) electrons. The highest BCUT2D eigenvalue weighted by atomic mass is 32.2. The summed E-state index contributed by atoms with van der Waals surface area (Å²) in [7, 11) is 0. The van der Waals surface area contributed by atoms with Crippen molar-refractivity contribution in [3.8, 4) is 0 Å². The fourth-order valence-corrected chi connectivity index (χ4v) is 3.68. The first-order valence-electron chi connectivity index (χ1n) is 5.31. The van der Waals surface area contributed by atoms with Crippen LogP contribution in [0, 0.1) is 0 Å². The van der Waals surface area contributed by atoms with Gasteiger partial charge in [0, 0.05) is 11.5 Å². The smallest absolute Gasteiger partial charge is 0.130 e. The van der Waals surface area contributed by atoms with Gasteiger partial charge in [0.15, 0.2) is 0 Å². The van der Waals surface area contributed by atoms with E-state index in [4.69, 9.17) is 0 Å². The van der Waals surface area contributed by atoms with Crippen molar-refractivity contribution in [2.45, 2.75) is 19.8 Å². The summed E-state index contributed by atoms with van der Waals surface area (Å²) in [5, 5.41) is 0. The van der Waals surface area contributed by atoms with Gasteiger partial charge in [0.05, 0.1) is 5.69 Å². The normalized spacial score (nSPS) is 15.7. The standard InChI is InChI=1S/C12H15NS2/c1-2-3-10-4-6-11(7-5-10)13-12-14-8-9-15-12/h4-7H,2-3,8-9H2,1H3. The minimum absolute atomic E-state index is 1.09. The fourth-order valence-electron chi connectivity index (χ4n) is 1.50. The maximum Gasteiger partial charge on any atom is 0.130 e. The molecule has 0 aromatic heterocycles. The largest absolute Gasteiger partial charge is 0.235 e. The molecule has 80 valence electrons. The Morgan fingerprint density at radius 2 is 1.80 bits per heavy atom. The summed E-state index contributed by atoms with van der Waals surface area (Å²) in [6.45, 7) is 2.21. The Morgan fingerprint density at radius 3 is 2.40 bits per heavy atom. The summed E-state index contributed by atoms with van der Waals surface area (Å²) in [6.07, 6.45) is 2.37. The Kier molecular flexibility index (Phi) is 4.15. The van der Waals surface area contributed by atoms with Crippen molar-refractivity contribution in [3.05, 3.63) is 29.8 Å². The Hall–Kier alpha value is -0.410. The van der Waals surface area contributed by atoms with Gasteiger partial charge in [0.25, 0.3) is 0 Å². The Balaban J connectivity index is 2.06. The molecule has 1 fully saturated rings. The Morgan fingerprint density at radius 1 is 1.13 bits per heavy atom. The average molecular weight is 237 g/mol. The second kappa shape index (κ2) is 5.61. The summed E-state index contributed by atoms with van der Waals surface area (Å²) in [6, 6.07) is 8.62. The maximum absolute atomic E-state index is 4.60. The fraction of sp³-hybridized carbons (Fsp3) is 0.417. The molecule has 15 heavy (non-hydrogen) atoms. The van der Waals surface area contributed by atoms with Gasteiger partial charge in [-0.3, -0.25) is 0 Å². The van der Waals surface area contributed by atoms with E-state index in [1.165, 1.54) is 34.3 Å². The molecule has 3 heteroatoms. The van der Waals surface area contributed by atoms with Gasteiger partial charge >= 0.3 is 0 Å². The van der Waals surface area contributed by atoms with Gasteiger partial charge in [-0.05, 0) is 24.1 Å². The van der Waals surface area contributed by atoms with E-state index < -0.39 is 0 Å². The minimum Gasteiger partial charge on any atom is -0.235 e.